The second-order valence-corrected chi connectivity index (χ2v) is 7.22. The number of likely N-dealkylation sites (N-methyl/N-ethyl adjacent to an activating group) is 1. The lowest BCUT2D eigenvalue weighted by Crippen LogP contribution is -2.48. The van der Waals surface area contributed by atoms with Crippen molar-refractivity contribution in [3.8, 4) is 10.6 Å². The molecule has 4 nitrogen and oxygen atoms in total. The highest BCUT2D eigenvalue weighted by Crippen LogP contribution is 2.28. The van der Waals surface area contributed by atoms with Gasteiger partial charge in [0.1, 0.15) is 0 Å². The average molecular weight is 351 g/mol. The molecule has 1 saturated heterocycles. The number of thiophene rings is 1. The van der Waals surface area contributed by atoms with Crippen molar-refractivity contribution >= 4 is 28.1 Å². The molecule has 0 N–H and O–H groups in total. The highest BCUT2D eigenvalue weighted by atomic mass is 32.1. The number of para-hydroxylation sites is 1. The van der Waals surface area contributed by atoms with Crippen LogP contribution in [0.1, 0.15) is 17.3 Å². The summed E-state index contributed by atoms with van der Waals surface area (Å²) in [6, 6.07) is 14.0. The van der Waals surface area contributed by atoms with Crippen LogP contribution in [0.3, 0.4) is 0 Å². The Morgan fingerprint density at radius 3 is 2.64 bits per heavy atom. The van der Waals surface area contributed by atoms with Crippen LogP contribution in [0.2, 0.25) is 0 Å². The summed E-state index contributed by atoms with van der Waals surface area (Å²) in [4.78, 5) is 23.4. The van der Waals surface area contributed by atoms with Crippen LogP contribution >= 0.6 is 11.3 Å². The smallest absolute Gasteiger partial charge is 0.254 e. The normalized spacial score (nSPS) is 15.6. The maximum Gasteiger partial charge on any atom is 0.254 e. The molecular formula is C20H21N3OS. The van der Waals surface area contributed by atoms with Gasteiger partial charge >= 0.3 is 0 Å². The average Bonchev–Trinajstić information content (AvgIpc) is 3.21. The Labute approximate surface area is 151 Å². The van der Waals surface area contributed by atoms with Crippen molar-refractivity contribution in [2.45, 2.75) is 6.92 Å². The van der Waals surface area contributed by atoms with E-state index in [1.54, 1.807) is 11.3 Å². The number of hydrogen-bond donors (Lipinski definition) is 0. The molecule has 0 spiro atoms. The fourth-order valence-electron chi connectivity index (χ4n) is 3.34. The van der Waals surface area contributed by atoms with Gasteiger partial charge < -0.3 is 9.80 Å². The minimum Gasteiger partial charge on any atom is -0.336 e. The van der Waals surface area contributed by atoms with E-state index in [0.717, 1.165) is 59.8 Å². The van der Waals surface area contributed by atoms with Crippen molar-refractivity contribution in [1.29, 1.82) is 0 Å². The van der Waals surface area contributed by atoms with Crippen LogP contribution in [0, 0.1) is 0 Å². The zero-order chi connectivity index (χ0) is 17.2. The number of carbonyl (C=O) groups excluding carboxylic acids is 1. The molecule has 0 unspecified atom stereocenters. The van der Waals surface area contributed by atoms with Gasteiger partial charge in [-0.1, -0.05) is 31.2 Å². The SMILES string of the molecule is CCN1CCN(C(=O)c2cc(-c3cccs3)nc3ccccc23)CC1. The van der Waals surface area contributed by atoms with E-state index in [9.17, 15) is 4.79 Å². The van der Waals surface area contributed by atoms with Gasteiger partial charge in [0.05, 0.1) is 21.7 Å². The van der Waals surface area contributed by atoms with Crippen molar-refractivity contribution in [3.63, 3.8) is 0 Å². The molecule has 3 aromatic rings. The van der Waals surface area contributed by atoms with Gasteiger partial charge in [-0.3, -0.25) is 4.79 Å². The summed E-state index contributed by atoms with van der Waals surface area (Å²) in [5.41, 5.74) is 2.52. The number of rotatable bonds is 3. The third kappa shape index (κ3) is 3.17. The number of hydrogen-bond acceptors (Lipinski definition) is 4. The summed E-state index contributed by atoms with van der Waals surface area (Å²) in [6.45, 7) is 6.69. The quantitative estimate of drug-likeness (QED) is 0.721. The van der Waals surface area contributed by atoms with Crippen LogP contribution in [-0.2, 0) is 0 Å². The first-order valence-corrected chi connectivity index (χ1v) is 9.59. The standard InChI is InChI=1S/C20H21N3OS/c1-2-22-9-11-23(12-10-22)20(24)16-14-18(19-8-5-13-25-19)21-17-7-4-3-6-15(16)17/h3-8,13-14H,2,9-12H2,1H3. The first-order valence-electron chi connectivity index (χ1n) is 8.71. The summed E-state index contributed by atoms with van der Waals surface area (Å²) >= 11 is 1.65. The van der Waals surface area contributed by atoms with Gasteiger partial charge in [0.15, 0.2) is 0 Å². The van der Waals surface area contributed by atoms with Crippen LogP contribution in [0.5, 0.6) is 0 Å². The zero-order valence-corrected chi connectivity index (χ0v) is 15.1. The van der Waals surface area contributed by atoms with E-state index in [0.29, 0.717) is 0 Å². The highest BCUT2D eigenvalue weighted by Gasteiger charge is 2.23. The molecule has 3 heterocycles. The summed E-state index contributed by atoms with van der Waals surface area (Å²) in [5, 5.41) is 2.98. The van der Waals surface area contributed by atoms with E-state index in [2.05, 4.69) is 17.9 Å². The molecule has 0 saturated carbocycles. The van der Waals surface area contributed by atoms with E-state index in [4.69, 9.17) is 4.98 Å². The van der Waals surface area contributed by atoms with Crippen molar-refractivity contribution in [3.05, 3.63) is 53.4 Å². The molecule has 1 amide bonds. The lowest BCUT2D eigenvalue weighted by atomic mass is 10.1. The summed E-state index contributed by atoms with van der Waals surface area (Å²) in [6.07, 6.45) is 0. The van der Waals surface area contributed by atoms with E-state index in [-0.39, 0.29) is 5.91 Å². The maximum atomic E-state index is 13.2. The van der Waals surface area contributed by atoms with E-state index >= 15 is 0 Å². The fourth-order valence-corrected chi connectivity index (χ4v) is 4.03. The predicted molar refractivity (Wildman–Crippen MR) is 103 cm³/mol. The second-order valence-electron chi connectivity index (χ2n) is 6.28. The summed E-state index contributed by atoms with van der Waals surface area (Å²) in [5.74, 6) is 0.118. The molecule has 25 heavy (non-hydrogen) atoms. The first kappa shape index (κ1) is 16.2. The number of benzene rings is 1. The molecule has 128 valence electrons. The van der Waals surface area contributed by atoms with Gasteiger partial charge in [-0.2, -0.15) is 0 Å². The highest BCUT2D eigenvalue weighted by molar-refractivity contribution is 7.13. The summed E-state index contributed by atoms with van der Waals surface area (Å²) in [7, 11) is 0. The Bertz CT molecular complexity index is 883. The van der Waals surface area contributed by atoms with Gasteiger partial charge in [0.25, 0.3) is 5.91 Å². The number of pyridine rings is 1. The van der Waals surface area contributed by atoms with Crippen molar-refractivity contribution in [2.24, 2.45) is 0 Å². The Hall–Kier alpha value is -2.24. The van der Waals surface area contributed by atoms with Crippen molar-refractivity contribution in [1.82, 2.24) is 14.8 Å². The van der Waals surface area contributed by atoms with Gasteiger partial charge in [-0.15, -0.1) is 11.3 Å². The summed E-state index contributed by atoms with van der Waals surface area (Å²) < 4.78 is 0. The van der Waals surface area contributed by atoms with Gasteiger partial charge in [-0.25, -0.2) is 4.98 Å². The van der Waals surface area contributed by atoms with Crippen LogP contribution in [0.25, 0.3) is 21.5 Å². The maximum absolute atomic E-state index is 13.2. The predicted octanol–water partition coefficient (Wildman–Crippen LogP) is 3.74. The van der Waals surface area contributed by atoms with Gasteiger partial charge in [0, 0.05) is 31.6 Å². The Morgan fingerprint density at radius 1 is 1.12 bits per heavy atom. The lowest BCUT2D eigenvalue weighted by molar-refractivity contribution is 0.0645. The number of piperazine rings is 1. The molecule has 0 atom stereocenters. The van der Waals surface area contributed by atoms with Crippen molar-refractivity contribution in [2.75, 3.05) is 32.7 Å². The molecule has 5 heteroatoms. The molecule has 0 bridgehead atoms. The molecule has 1 aliphatic rings. The van der Waals surface area contributed by atoms with Crippen molar-refractivity contribution < 1.29 is 4.79 Å². The molecule has 4 rings (SSSR count). The Balaban J connectivity index is 1.74. The molecule has 0 radical (unpaired) electrons. The molecule has 2 aromatic heterocycles. The van der Waals surface area contributed by atoms with Crippen LogP contribution < -0.4 is 0 Å². The number of aromatic nitrogens is 1. The number of amides is 1. The van der Waals surface area contributed by atoms with E-state index in [1.165, 1.54) is 0 Å². The Kier molecular flexibility index (Phi) is 4.51. The van der Waals surface area contributed by atoms with Gasteiger partial charge in [0.2, 0.25) is 0 Å². The third-order valence-electron chi connectivity index (χ3n) is 4.83. The fraction of sp³-hybridized carbons (Fsp3) is 0.300. The molecule has 0 aliphatic carbocycles. The number of carbonyl (C=O) groups is 1. The molecular weight excluding hydrogens is 330 g/mol. The van der Waals surface area contributed by atoms with Crippen LogP contribution in [0.4, 0.5) is 0 Å². The molecule has 1 aromatic carbocycles. The topological polar surface area (TPSA) is 36.4 Å². The monoisotopic (exact) mass is 351 g/mol. The third-order valence-corrected chi connectivity index (χ3v) is 5.72. The van der Waals surface area contributed by atoms with Gasteiger partial charge in [-0.05, 0) is 30.1 Å². The number of fused-ring (bicyclic) bond motifs is 1. The Morgan fingerprint density at radius 2 is 1.92 bits per heavy atom. The lowest BCUT2D eigenvalue weighted by Gasteiger charge is -2.34. The zero-order valence-electron chi connectivity index (χ0n) is 14.3. The van der Waals surface area contributed by atoms with E-state index < -0.39 is 0 Å². The molecule has 1 fully saturated rings. The minimum absolute atomic E-state index is 0.118. The minimum atomic E-state index is 0.118. The van der Waals surface area contributed by atoms with Crippen LogP contribution in [-0.4, -0.2) is 53.4 Å². The second kappa shape index (κ2) is 6.94. The van der Waals surface area contributed by atoms with E-state index in [1.807, 2.05) is 46.7 Å². The van der Waals surface area contributed by atoms with Crippen LogP contribution in [0.15, 0.2) is 47.8 Å². The number of nitrogens with zero attached hydrogens (tertiary/aromatic N) is 3. The molecule has 1 aliphatic heterocycles. The largest absolute Gasteiger partial charge is 0.336 e. The first-order chi connectivity index (χ1) is 12.3.